The molecule has 2 unspecified atom stereocenters. The number of hydrogen-bond donors (Lipinski definition) is 1. The molecule has 0 bridgehead atoms. The Bertz CT molecular complexity index is 260. The van der Waals surface area contributed by atoms with Crippen molar-refractivity contribution in [3.8, 4) is 0 Å². The average molecular weight is 226 g/mol. The summed E-state index contributed by atoms with van der Waals surface area (Å²) in [4.78, 5) is 16.0. The van der Waals surface area contributed by atoms with Gasteiger partial charge in [-0.05, 0) is 45.2 Å². The third-order valence-electron chi connectivity index (χ3n) is 4.10. The van der Waals surface area contributed by atoms with Gasteiger partial charge in [0.1, 0.15) is 0 Å². The lowest BCUT2D eigenvalue weighted by Gasteiger charge is -2.35. The van der Waals surface area contributed by atoms with Gasteiger partial charge in [-0.25, -0.2) is 0 Å². The van der Waals surface area contributed by atoms with Gasteiger partial charge in [0.25, 0.3) is 0 Å². The highest BCUT2D eigenvalue weighted by molar-refractivity contribution is 5.83. The SMILES string of the molecule is CC(O)C1CCN(C2CCN(C)C2=O)CC1. The Morgan fingerprint density at radius 2 is 1.88 bits per heavy atom. The second-order valence-electron chi connectivity index (χ2n) is 5.18. The zero-order valence-corrected chi connectivity index (χ0v) is 10.2. The number of piperidine rings is 1. The topological polar surface area (TPSA) is 43.8 Å². The first-order chi connectivity index (χ1) is 7.59. The number of hydrogen-bond acceptors (Lipinski definition) is 3. The van der Waals surface area contributed by atoms with E-state index in [-0.39, 0.29) is 18.1 Å². The van der Waals surface area contributed by atoms with E-state index in [1.807, 2.05) is 18.9 Å². The number of likely N-dealkylation sites (tertiary alicyclic amines) is 2. The van der Waals surface area contributed by atoms with Crippen LogP contribution in [0.4, 0.5) is 0 Å². The number of likely N-dealkylation sites (N-methyl/N-ethyl adjacent to an activating group) is 1. The molecule has 2 rings (SSSR count). The van der Waals surface area contributed by atoms with Crippen LogP contribution in [0.25, 0.3) is 0 Å². The van der Waals surface area contributed by atoms with Crippen LogP contribution >= 0.6 is 0 Å². The van der Waals surface area contributed by atoms with Crippen molar-refractivity contribution in [2.24, 2.45) is 5.92 Å². The van der Waals surface area contributed by atoms with E-state index >= 15 is 0 Å². The molecule has 1 amide bonds. The summed E-state index contributed by atoms with van der Waals surface area (Å²) in [5, 5.41) is 9.53. The van der Waals surface area contributed by atoms with Gasteiger partial charge in [0.05, 0.1) is 12.1 Å². The van der Waals surface area contributed by atoms with Crippen LogP contribution in [-0.2, 0) is 4.79 Å². The zero-order valence-electron chi connectivity index (χ0n) is 10.2. The maximum atomic E-state index is 11.9. The van der Waals surface area contributed by atoms with Gasteiger partial charge < -0.3 is 10.0 Å². The highest BCUT2D eigenvalue weighted by atomic mass is 16.3. The van der Waals surface area contributed by atoms with Crippen molar-refractivity contribution in [3.05, 3.63) is 0 Å². The van der Waals surface area contributed by atoms with Crippen LogP contribution in [0.15, 0.2) is 0 Å². The van der Waals surface area contributed by atoms with Crippen LogP contribution in [0.2, 0.25) is 0 Å². The number of carbonyl (C=O) groups is 1. The lowest BCUT2D eigenvalue weighted by molar-refractivity contribution is -0.131. The molecule has 2 aliphatic heterocycles. The number of nitrogens with zero attached hydrogens (tertiary/aromatic N) is 2. The van der Waals surface area contributed by atoms with E-state index in [0.29, 0.717) is 5.92 Å². The minimum absolute atomic E-state index is 0.111. The first-order valence-corrected chi connectivity index (χ1v) is 6.26. The fraction of sp³-hybridized carbons (Fsp3) is 0.917. The third kappa shape index (κ3) is 2.23. The number of aliphatic hydroxyl groups is 1. The molecule has 2 saturated heterocycles. The van der Waals surface area contributed by atoms with Crippen molar-refractivity contribution in [3.63, 3.8) is 0 Å². The smallest absolute Gasteiger partial charge is 0.239 e. The van der Waals surface area contributed by atoms with Gasteiger partial charge in [-0.1, -0.05) is 0 Å². The van der Waals surface area contributed by atoms with Gasteiger partial charge >= 0.3 is 0 Å². The van der Waals surface area contributed by atoms with E-state index in [4.69, 9.17) is 0 Å². The summed E-state index contributed by atoms with van der Waals surface area (Å²) < 4.78 is 0. The maximum Gasteiger partial charge on any atom is 0.239 e. The Morgan fingerprint density at radius 1 is 1.25 bits per heavy atom. The van der Waals surface area contributed by atoms with Crippen LogP contribution in [0.5, 0.6) is 0 Å². The summed E-state index contributed by atoms with van der Waals surface area (Å²) in [6.45, 7) is 4.67. The summed E-state index contributed by atoms with van der Waals surface area (Å²) in [7, 11) is 1.88. The third-order valence-corrected chi connectivity index (χ3v) is 4.10. The molecule has 2 fully saturated rings. The maximum absolute atomic E-state index is 11.9. The summed E-state index contributed by atoms with van der Waals surface area (Å²) in [6.07, 6.45) is 2.80. The predicted molar refractivity (Wildman–Crippen MR) is 62.0 cm³/mol. The number of rotatable bonds is 2. The largest absolute Gasteiger partial charge is 0.393 e. The number of carbonyl (C=O) groups excluding carboxylic acids is 1. The molecule has 0 aromatic rings. The second kappa shape index (κ2) is 4.72. The van der Waals surface area contributed by atoms with E-state index < -0.39 is 0 Å². The van der Waals surface area contributed by atoms with Crippen molar-refractivity contribution in [2.45, 2.75) is 38.3 Å². The Morgan fingerprint density at radius 3 is 2.31 bits per heavy atom. The summed E-state index contributed by atoms with van der Waals surface area (Å²) in [5.41, 5.74) is 0. The first-order valence-electron chi connectivity index (χ1n) is 6.26. The molecule has 0 aromatic heterocycles. The lowest BCUT2D eigenvalue weighted by atomic mass is 9.91. The molecule has 2 atom stereocenters. The molecule has 4 heteroatoms. The van der Waals surface area contributed by atoms with Crippen LogP contribution in [0.3, 0.4) is 0 Å². The van der Waals surface area contributed by atoms with Crippen LogP contribution in [0, 0.1) is 5.92 Å². The summed E-state index contributed by atoms with van der Waals surface area (Å²) >= 11 is 0. The Kier molecular flexibility index (Phi) is 3.50. The summed E-state index contributed by atoms with van der Waals surface area (Å²) in [5.74, 6) is 0.695. The van der Waals surface area contributed by atoms with E-state index in [1.165, 1.54) is 0 Å². The van der Waals surface area contributed by atoms with Gasteiger partial charge in [-0.2, -0.15) is 0 Å². The second-order valence-corrected chi connectivity index (χ2v) is 5.18. The van der Waals surface area contributed by atoms with Crippen LogP contribution in [-0.4, -0.2) is 59.6 Å². The minimum atomic E-state index is -0.205. The fourth-order valence-electron chi connectivity index (χ4n) is 2.86. The molecule has 2 heterocycles. The molecule has 4 nitrogen and oxygen atoms in total. The van der Waals surface area contributed by atoms with Gasteiger partial charge in [-0.3, -0.25) is 9.69 Å². The van der Waals surface area contributed by atoms with Crippen LogP contribution < -0.4 is 0 Å². The quantitative estimate of drug-likeness (QED) is 0.737. The molecular formula is C12H22N2O2. The van der Waals surface area contributed by atoms with E-state index in [0.717, 1.165) is 38.9 Å². The van der Waals surface area contributed by atoms with Gasteiger partial charge in [0, 0.05) is 13.6 Å². The van der Waals surface area contributed by atoms with E-state index in [2.05, 4.69) is 4.90 Å². The molecule has 0 saturated carbocycles. The normalized spacial score (nSPS) is 31.1. The molecular weight excluding hydrogens is 204 g/mol. The molecule has 92 valence electrons. The van der Waals surface area contributed by atoms with Crippen molar-refractivity contribution in [2.75, 3.05) is 26.7 Å². The molecule has 1 N–H and O–H groups in total. The van der Waals surface area contributed by atoms with Gasteiger partial charge in [-0.15, -0.1) is 0 Å². The summed E-state index contributed by atoms with van der Waals surface area (Å²) in [6, 6.07) is 0.111. The van der Waals surface area contributed by atoms with Gasteiger partial charge in [0.15, 0.2) is 0 Å². The van der Waals surface area contributed by atoms with Crippen molar-refractivity contribution < 1.29 is 9.90 Å². The molecule has 0 aromatic carbocycles. The highest BCUT2D eigenvalue weighted by Crippen LogP contribution is 2.25. The molecule has 0 radical (unpaired) electrons. The first kappa shape index (κ1) is 11.9. The predicted octanol–water partition coefficient (Wildman–Crippen LogP) is 0.310. The molecule has 16 heavy (non-hydrogen) atoms. The van der Waals surface area contributed by atoms with E-state index in [9.17, 15) is 9.90 Å². The molecule has 0 aliphatic carbocycles. The number of aliphatic hydroxyl groups excluding tert-OH is 1. The minimum Gasteiger partial charge on any atom is -0.393 e. The number of amides is 1. The Hall–Kier alpha value is -0.610. The lowest BCUT2D eigenvalue weighted by Crippen LogP contribution is -2.46. The fourth-order valence-corrected chi connectivity index (χ4v) is 2.86. The standard InChI is InChI=1S/C12H22N2O2/c1-9(15)10-3-7-14(8-4-10)11-5-6-13(2)12(11)16/h9-11,15H,3-8H2,1-2H3. The Balaban J connectivity index is 1.87. The van der Waals surface area contributed by atoms with Crippen LogP contribution in [0.1, 0.15) is 26.2 Å². The van der Waals surface area contributed by atoms with Crippen molar-refractivity contribution >= 4 is 5.91 Å². The monoisotopic (exact) mass is 226 g/mol. The average Bonchev–Trinajstić information content (AvgIpc) is 2.60. The Labute approximate surface area is 97.2 Å². The molecule has 2 aliphatic rings. The highest BCUT2D eigenvalue weighted by Gasteiger charge is 2.36. The molecule has 0 spiro atoms. The van der Waals surface area contributed by atoms with E-state index in [1.54, 1.807) is 0 Å². The zero-order chi connectivity index (χ0) is 11.7. The van der Waals surface area contributed by atoms with Gasteiger partial charge in [0.2, 0.25) is 5.91 Å². The van der Waals surface area contributed by atoms with Crippen molar-refractivity contribution in [1.29, 1.82) is 0 Å². The van der Waals surface area contributed by atoms with Crippen molar-refractivity contribution in [1.82, 2.24) is 9.80 Å².